The third kappa shape index (κ3) is 4.17. The van der Waals surface area contributed by atoms with E-state index in [2.05, 4.69) is 15.2 Å². The van der Waals surface area contributed by atoms with E-state index in [9.17, 15) is 8.78 Å². The van der Waals surface area contributed by atoms with Crippen molar-refractivity contribution in [3.63, 3.8) is 0 Å². The molecule has 0 atom stereocenters. The summed E-state index contributed by atoms with van der Waals surface area (Å²) >= 11 is 1.40. The molecule has 1 aliphatic carbocycles. The minimum absolute atomic E-state index is 0.0916. The first-order chi connectivity index (χ1) is 13.9. The fourth-order valence-corrected chi connectivity index (χ4v) is 3.98. The van der Waals surface area contributed by atoms with Crippen LogP contribution in [0.5, 0.6) is 0 Å². The van der Waals surface area contributed by atoms with Crippen molar-refractivity contribution >= 4 is 43.8 Å². The molecule has 0 saturated heterocycles. The van der Waals surface area contributed by atoms with Gasteiger partial charge in [0.15, 0.2) is 5.13 Å². The molecule has 4 rings (SSSR count). The van der Waals surface area contributed by atoms with E-state index in [0.29, 0.717) is 29.5 Å². The Labute approximate surface area is 169 Å². The summed E-state index contributed by atoms with van der Waals surface area (Å²) in [7, 11) is 0. The van der Waals surface area contributed by atoms with E-state index in [4.69, 9.17) is 17.3 Å². The van der Waals surface area contributed by atoms with Crippen LogP contribution in [0.3, 0.4) is 0 Å². The zero-order valence-electron chi connectivity index (χ0n) is 15.3. The Morgan fingerprint density at radius 2 is 2.07 bits per heavy atom. The summed E-state index contributed by atoms with van der Waals surface area (Å²) in [6, 6.07) is 5.66. The van der Waals surface area contributed by atoms with Crippen molar-refractivity contribution in [2.75, 3.05) is 12.3 Å². The molecule has 0 fully saturated rings. The van der Waals surface area contributed by atoms with Crippen LogP contribution >= 0.6 is 11.3 Å². The zero-order valence-corrected chi connectivity index (χ0v) is 16.2. The van der Waals surface area contributed by atoms with E-state index < -0.39 is 6.43 Å². The molecule has 0 radical (unpaired) electrons. The molecular formula is C19H19F2N7S. The Kier molecular flexibility index (Phi) is 5.12. The molecule has 7 nitrogen and oxygen atoms in total. The first-order valence-corrected chi connectivity index (χ1v) is 9.66. The highest BCUT2D eigenvalue weighted by molar-refractivity contribution is 7.22. The highest BCUT2D eigenvalue weighted by atomic mass is 32.1. The first-order valence-electron chi connectivity index (χ1n) is 8.84. The second kappa shape index (κ2) is 7.72. The summed E-state index contributed by atoms with van der Waals surface area (Å²) in [6.45, 7) is 0.451. The van der Waals surface area contributed by atoms with Gasteiger partial charge in [-0.25, -0.2) is 19.6 Å². The van der Waals surface area contributed by atoms with Crippen molar-refractivity contribution in [3.8, 4) is 0 Å². The largest absolute Gasteiger partial charge is 0.397 e. The van der Waals surface area contributed by atoms with E-state index in [1.54, 1.807) is 6.20 Å². The number of benzene rings is 1. The number of nitrogens with two attached hydrogens (primary N) is 3. The maximum atomic E-state index is 12.7. The van der Waals surface area contributed by atoms with Crippen LogP contribution in [-0.2, 0) is 0 Å². The number of nitrogens with zero attached hydrogens (tertiary/aromatic N) is 4. The van der Waals surface area contributed by atoms with Crippen molar-refractivity contribution in [2.45, 2.75) is 19.3 Å². The number of hydrogen-bond donors (Lipinski definition) is 3. The molecule has 0 unspecified atom stereocenters. The maximum Gasteiger partial charge on any atom is 0.278 e. The molecule has 2 aromatic rings. The molecule has 2 heterocycles. The summed E-state index contributed by atoms with van der Waals surface area (Å²) in [5.41, 5.74) is 16.4. The number of aromatic nitrogens is 1. The van der Waals surface area contributed by atoms with Gasteiger partial charge in [0.2, 0.25) is 0 Å². The van der Waals surface area contributed by atoms with Crippen molar-refractivity contribution in [1.82, 2.24) is 9.99 Å². The van der Waals surface area contributed by atoms with Crippen molar-refractivity contribution < 1.29 is 8.78 Å². The number of halogens is 2. The van der Waals surface area contributed by atoms with Gasteiger partial charge < -0.3 is 16.5 Å². The van der Waals surface area contributed by atoms with Crippen LogP contribution in [0.1, 0.15) is 18.4 Å². The molecule has 29 heavy (non-hydrogen) atoms. The molecular weight excluding hydrogens is 396 g/mol. The second-order valence-electron chi connectivity index (χ2n) is 6.80. The average molecular weight is 415 g/mol. The minimum atomic E-state index is -2.57. The van der Waals surface area contributed by atoms with Crippen LogP contribution in [0, 0.1) is 0 Å². The highest BCUT2D eigenvalue weighted by Gasteiger charge is 2.24. The minimum Gasteiger partial charge on any atom is -0.397 e. The lowest BCUT2D eigenvalue weighted by molar-refractivity contribution is 0.224. The van der Waals surface area contributed by atoms with Gasteiger partial charge in [-0.1, -0.05) is 29.6 Å². The van der Waals surface area contributed by atoms with Crippen LogP contribution in [-0.4, -0.2) is 34.4 Å². The van der Waals surface area contributed by atoms with Crippen molar-refractivity contribution in [3.05, 3.63) is 53.3 Å². The van der Waals surface area contributed by atoms with Crippen LogP contribution in [0.15, 0.2) is 57.9 Å². The van der Waals surface area contributed by atoms with Crippen LogP contribution < -0.4 is 17.3 Å². The van der Waals surface area contributed by atoms with Gasteiger partial charge in [-0.3, -0.25) is 0 Å². The number of thiazole rings is 1. The van der Waals surface area contributed by atoms with Gasteiger partial charge in [-0.2, -0.15) is 10.2 Å². The number of fused-ring (bicyclic) bond motifs is 1. The number of hydrogen-bond acceptors (Lipinski definition) is 8. The van der Waals surface area contributed by atoms with Gasteiger partial charge >= 0.3 is 0 Å². The molecule has 1 aromatic heterocycles. The zero-order chi connectivity index (χ0) is 20.5. The Balaban J connectivity index is 1.35. The number of hydrazine groups is 1. The van der Waals surface area contributed by atoms with E-state index in [1.807, 2.05) is 30.4 Å². The third-order valence-corrected chi connectivity index (χ3v) is 5.48. The quantitative estimate of drug-likeness (QED) is 0.495. The standard InChI is InChI=1S/C19H19F2N7S/c20-18(21)16-7-15(26-27-16)12-2-1-10(5-12)8-28(24)9-13(22)11-3-4-14-17(6-11)29-19(23)25-14/h1-4,6,9,18H,5,7-8,22,24H2,(H2,23,25)/b13-9-. The van der Waals surface area contributed by atoms with Gasteiger partial charge in [0, 0.05) is 18.2 Å². The Hall–Kier alpha value is -3.11. The summed E-state index contributed by atoms with van der Waals surface area (Å²) in [4.78, 5) is 4.23. The van der Waals surface area contributed by atoms with E-state index in [0.717, 1.165) is 26.9 Å². The molecule has 1 aliphatic heterocycles. The van der Waals surface area contributed by atoms with Gasteiger partial charge in [0.05, 0.1) is 28.2 Å². The molecule has 150 valence electrons. The Morgan fingerprint density at radius 1 is 1.24 bits per heavy atom. The SMILES string of the molecule is N/C(=C\N(N)CC1=CC=C(C2=NN=C(C(F)F)C2)C1)c1ccc2nc(N)sc2c1. The fourth-order valence-electron chi connectivity index (χ4n) is 3.21. The normalized spacial score (nSPS) is 16.9. The predicted molar refractivity (Wildman–Crippen MR) is 113 cm³/mol. The second-order valence-corrected chi connectivity index (χ2v) is 7.86. The van der Waals surface area contributed by atoms with Crippen LogP contribution in [0.2, 0.25) is 0 Å². The summed E-state index contributed by atoms with van der Waals surface area (Å²) < 4.78 is 26.4. The lowest BCUT2D eigenvalue weighted by atomic mass is 10.0. The van der Waals surface area contributed by atoms with E-state index >= 15 is 0 Å². The third-order valence-electron chi connectivity index (χ3n) is 4.64. The molecule has 2 aliphatic rings. The van der Waals surface area contributed by atoms with Crippen LogP contribution in [0.25, 0.3) is 15.9 Å². The molecule has 0 amide bonds. The number of rotatable bonds is 6. The average Bonchev–Trinajstić information content (AvgIpc) is 3.38. The number of anilines is 1. The van der Waals surface area contributed by atoms with Crippen LogP contribution in [0.4, 0.5) is 13.9 Å². The predicted octanol–water partition coefficient (Wildman–Crippen LogP) is 3.03. The van der Waals surface area contributed by atoms with Gasteiger partial charge in [0.25, 0.3) is 6.43 Å². The van der Waals surface area contributed by atoms with Gasteiger partial charge in [-0.15, -0.1) is 0 Å². The molecule has 10 heteroatoms. The maximum absolute atomic E-state index is 12.7. The molecule has 0 saturated carbocycles. The lowest BCUT2D eigenvalue weighted by Gasteiger charge is -2.16. The fraction of sp³-hybridized carbons (Fsp3) is 0.211. The van der Waals surface area contributed by atoms with Gasteiger partial charge in [0.1, 0.15) is 5.71 Å². The Morgan fingerprint density at radius 3 is 2.83 bits per heavy atom. The van der Waals surface area contributed by atoms with E-state index in [-0.39, 0.29) is 12.1 Å². The summed E-state index contributed by atoms with van der Waals surface area (Å²) in [6.07, 6.45) is 3.58. The highest BCUT2D eigenvalue weighted by Crippen LogP contribution is 2.27. The molecule has 6 N–H and O–H groups in total. The van der Waals surface area contributed by atoms with Crippen molar-refractivity contribution in [2.24, 2.45) is 21.8 Å². The van der Waals surface area contributed by atoms with E-state index in [1.165, 1.54) is 16.3 Å². The Bertz CT molecular complexity index is 1110. The molecule has 1 aromatic carbocycles. The number of allylic oxidation sites excluding steroid dienone is 3. The monoisotopic (exact) mass is 415 g/mol. The lowest BCUT2D eigenvalue weighted by Crippen LogP contribution is -2.28. The molecule has 0 spiro atoms. The first kappa shape index (κ1) is 19.2. The number of nitrogen functional groups attached to an aromatic ring is 1. The molecule has 0 bridgehead atoms. The topological polar surface area (TPSA) is 119 Å². The number of alkyl halides is 2. The van der Waals surface area contributed by atoms with Gasteiger partial charge in [-0.05, 0) is 29.7 Å². The summed E-state index contributed by atoms with van der Waals surface area (Å²) in [5, 5.41) is 9.45. The summed E-state index contributed by atoms with van der Waals surface area (Å²) in [5.74, 6) is 6.10. The smallest absolute Gasteiger partial charge is 0.278 e. The van der Waals surface area contributed by atoms with Crippen molar-refractivity contribution in [1.29, 1.82) is 0 Å².